The van der Waals surface area contributed by atoms with Crippen molar-refractivity contribution in [3.05, 3.63) is 35.9 Å². The zero-order valence-electron chi connectivity index (χ0n) is 17.8. The van der Waals surface area contributed by atoms with Crippen molar-refractivity contribution >= 4 is 16.4 Å². The molecule has 0 aliphatic heterocycles. The summed E-state index contributed by atoms with van der Waals surface area (Å²) in [7, 11) is -3.06. The summed E-state index contributed by atoms with van der Waals surface area (Å²) in [6, 6.07) is 10.9. The van der Waals surface area contributed by atoms with Crippen LogP contribution in [-0.2, 0) is 4.43 Å². The summed E-state index contributed by atoms with van der Waals surface area (Å²) in [6.07, 6.45) is 2.28. The molecule has 0 aliphatic carbocycles. The molecule has 1 nitrogen and oxygen atoms in total. The maximum absolute atomic E-state index is 6.97. The molecule has 0 spiro atoms. The molecule has 3 heteroatoms. The van der Waals surface area contributed by atoms with Gasteiger partial charge in [0.05, 0.1) is 13.7 Å². The summed E-state index contributed by atoms with van der Waals surface area (Å²) < 4.78 is 6.97. The largest absolute Gasteiger partial charge is 0.412 e. The summed E-state index contributed by atoms with van der Waals surface area (Å²) in [4.78, 5) is 0. The van der Waals surface area contributed by atoms with Crippen molar-refractivity contribution in [2.24, 2.45) is 0 Å². The fourth-order valence-corrected chi connectivity index (χ4v) is 8.80. The maximum atomic E-state index is 6.97. The number of rotatable bonds is 8. The molecule has 1 aromatic rings. The zero-order chi connectivity index (χ0) is 18.8. The first-order valence-electron chi connectivity index (χ1n) is 9.51. The quantitative estimate of drug-likeness (QED) is 0.440. The second-order valence-electron chi connectivity index (χ2n) is 9.90. The minimum Gasteiger partial charge on any atom is -0.412 e. The van der Waals surface area contributed by atoms with Crippen LogP contribution in [0.15, 0.2) is 30.3 Å². The molecule has 0 amide bonds. The third-order valence-electron chi connectivity index (χ3n) is 6.13. The second-order valence-corrected chi connectivity index (χ2v) is 19.9. The van der Waals surface area contributed by atoms with Crippen LogP contribution in [0.5, 0.6) is 0 Å². The average molecular weight is 365 g/mol. The highest BCUT2D eigenvalue weighted by molar-refractivity contribution is 6.79. The van der Waals surface area contributed by atoms with Crippen LogP contribution in [0.3, 0.4) is 0 Å². The summed E-state index contributed by atoms with van der Waals surface area (Å²) in [5, 5.41) is 0.253. The summed E-state index contributed by atoms with van der Waals surface area (Å²) in [5.74, 6) is 0.509. The molecule has 3 unspecified atom stereocenters. The maximum Gasteiger partial charge on any atom is 0.184 e. The van der Waals surface area contributed by atoms with Gasteiger partial charge in [0, 0.05) is 0 Å². The van der Waals surface area contributed by atoms with Gasteiger partial charge in [-0.3, -0.25) is 0 Å². The molecule has 0 bridgehead atoms. The fraction of sp³-hybridized carbons (Fsp3) is 0.714. The van der Waals surface area contributed by atoms with Gasteiger partial charge in [0.2, 0.25) is 0 Å². The molecule has 0 N–H and O–H groups in total. The van der Waals surface area contributed by atoms with Crippen molar-refractivity contribution in [1.29, 1.82) is 0 Å². The van der Waals surface area contributed by atoms with Gasteiger partial charge in [-0.15, -0.1) is 0 Å². The van der Waals surface area contributed by atoms with Gasteiger partial charge in [-0.2, -0.15) is 0 Å². The molecule has 0 radical (unpaired) electrons. The monoisotopic (exact) mass is 364 g/mol. The van der Waals surface area contributed by atoms with Crippen LogP contribution in [0.2, 0.25) is 44.3 Å². The van der Waals surface area contributed by atoms with Crippen molar-refractivity contribution in [2.75, 3.05) is 0 Å². The predicted molar refractivity (Wildman–Crippen MR) is 114 cm³/mol. The molecule has 0 saturated carbocycles. The summed E-state index contributed by atoms with van der Waals surface area (Å²) in [6.45, 7) is 24.2. The van der Waals surface area contributed by atoms with Gasteiger partial charge >= 0.3 is 0 Å². The molecule has 0 fully saturated rings. The highest BCUT2D eigenvalue weighted by Crippen LogP contribution is 2.56. The van der Waals surface area contributed by atoms with Gasteiger partial charge in [-0.25, -0.2) is 0 Å². The van der Waals surface area contributed by atoms with E-state index in [1.165, 1.54) is 12.0 Å². The Hall–Kier alpha value is -0.386. The standard InChI is InChI=1S/C21H40OSi2/c1-11-21(4,23(5,6)7)20(3,22-24(8,9)10)17-18(2)19-15-13-12-14-16-19/h12-16,18H,11,17H2,1-10H3. The highest BCUT2D eigenvalue weighted by atomic mass is 28.4. The van der Waals surface area contributed by atoms with E-state index in [0.717, 1.165) is 6.42 Å². The smallest absolute Gasteiger partial charge is 0.184 e. The van der Waals surface area contributed by atoms with Crippen LogP contribution in [-0.4, -0.2) is 22.0 Å². The van der Waals surface area contributed by atoms with E-state index in [0.29, 0.717) is 5.92 Å². The molecule has 0 heterocycles. The van der Waals surface area contributed by atoms with Crippen LogP contribution in [0, 0.1) is 0 Å². The molecule has 1 rings (SSSR count). The Bertz CT molecular complexity index is 515. The molecule has 0 aromatic heterocycles. The molecule has 1 aromatic carbocycles. The van der Waals surface area contributed by atoms with Crippen LogP contribution < -0.4 is 0 Å². The normalized spacial score (nSPS) is 19.4. The van der Waals surface area contributed by atoms with E-state index in [2.05, 4.69) is 97.3 Å². The number of hydrogen-bond donors (Lipinski definition) is 0. The first-order valence-corrected chi connectivity index (χ1v) is 16.4. The van der Waals surface area contributed by atoms with Crippen molar-refractivity contribution in [3.63, 3.8) is 0 Å². The molecular weight excluding hydrogens is 324 g/mol. The summed E-state index contributed by atoms with van der Waals surface area (Å²) in [5.41, 5.74) is 1.35. The van der Waals surface area contributed by atoms with E-state index in [-0.39, 0.29) is 10.6 Å². The lowest BCUT2D eigenvalue weighted by atomic mass is 9.78. The van der Waals surface area contributed by atoms with E-state index in [9.17, 15) is 0 Å². The zero-order valence-corrected chi connectivity index (χ0v) is 19.8. The molecule has 24 heavy (non-hydrogen) atoms. The Morgan fingerprint density at radius 2 is 1.46 bits per heavy atom. The predicted octanol–water partition coefficient (Wildman–Crippen LogP) is 7.30. The van der Waals surface area contributed by atoms with E-state index in [4.69, 9.17) is 4.43 Å². The second kappa shape index (κ2) is 7.47. The SMILES string of the molecule is CCC(C)(C(C)(CC(C)c1ccccc1)O[Si](C)(C)C)[Si](C)(C)C. The Morgan fingerprint density at radius 3 is 1.83 bits per heavy atom. The van der Waals surface area contributed by atoms with E-state index in [1.54, 1.807) is 0 Å². The van der Waals surface area contributed by atoms with Crippen LogP contribution in [0.1, 0.15) is 52.0 Å². The minimum atomic E-state index is -1.64. The number of benzene rings is 1. The Balaban J connectivity index is 3.29. The molecule has 0 aliphatic rings. The van der Waals surface area contributed by atoms with E-state index >= 15 is 0 Å². The first kappa shape index (κ1) is 21.7. The van der Waals surface area contributed by atoms with E-state index in [1.807, 2.05) is 0 Å². The molecule has 138 valence electrons. The Kier molecular flexibility index (Phi) is 6.74. The lowest BCUT2D eigenvalue weighted by Crippen LogP contribution is -2.57. The molecule has 0 saturated heterocycles. The van der Waals surface area contributed by atoms with E-state index < -0.39 is 16.4 Å². The van der Waals surface area contributed by atoms with Gasteiger partial charge in [0.1, 0.15) is 0 Å². The van der Waals surface area contributed by atoms with Crippen molar-refractivity contribution in [1.82, 2.24) is 0 Å². The minimum absolute atomic E-state index is 0.0774. The first-order chi connectivity index (χ1) is 10.8. The van der Waals surface area contributed by atoms with Crippen LogP contribution >= 0.6 is 0 Å². The lowest BCUT2D eigenvalue weighted by Gasteiger charge is -2.56. The van der Waals surface area contributed by atoms with Crippen LogP contribution in [0.25, 0.3) is 0 Å². The average Bonchev–Trinajstić information content (AvgIpc) is 2.43. The summed E-state index contributed by atoms with van der Waals surface area (Å²) >= 11 is 0. The van der Waals surface area contributed by atoms with Crippen LogP contribution in [0.4, 0.5) is 0 Å². The topological polar surface area (TPSA) is 9.23 Å². The van der Waals surface area contributed by atoms with Gasteiger partial charge in [0.25, 0.3) is 0 Å². The van der Waals surface area contributed by atoms with Crippen molar-refractivity contribution in [3.8, 4) is 0 Å². The Morgan fingerprint density at radius 1 is 0.958 bits per heavy atom. The van der Waals surface area contributed by atoms with Gasteiger partial charge in [-0.05, 0) is 49.5 Å². The van der Waals surface area contributed by atoms with Gasteiger partial charge < -0.3 is 4.43 Å². The molecular formula is C21H40OSi2. The number of hydrogen-bond acceptors (Lipinski definition) is 1. The Labute approximate surface area is 153 Å². The third kappa shape index (κ3) is 4.83. The van der Waals surface area contributed by atoms with Gasteiger partial charge in [0.15, 0.2) is 8.32 Å². The van der Waals surface area contributed by atoms with Crippen molar-refractivity contribution < 1.29 is 4.43 Å². The highest BCUT2D eigenvalue weighted by Gasteiger charge is 2.53. The van der Waals surface area contributed by atoms with Gasteiger partial charge in [-0.1, -0.05) is 77.2 Å². The lowest BCUT2D eigenvalue weighted by molar-refractivity contribution is 0.0152. The fourth-order valence-electron chi connectivity index (χ4n) is 4.24. The van der Waals surface area contributed by atoms with Crippen molar-refractivity contribution in [2.45, 2.75) is 96.4 Å². The third-order valence-corrected chi connectivity index (χ3v) is 11.4. The molecule has 3 atom stereocenters.